The van der Waals surface area contributed by atoms with E-state index in [9.17, 15) is 4.79 Å². The summed E-state index contributed by atoms with van der Waals surface area (Å²) in [6.07, 6.45) is 0.893. The molecule has 0 aliphatic rings. The Labute approximate surface area is 104 Å². The van der Waals surface area contributed by atoms with E-state index in [4.69, 9.17) is 16.0 Å². The first kappa shape index (κ1) is 11.9. The highest BCUT2D eigenvalue weighted by Gasteiger charge is 2.11. The topological polar surface area (TPSA) is 55.1 Å². The van der Waals surface area contributed by atoms with Gasteiger partial charge in [0.2, 0.25) is 0 Å². The van der Waals surface area contributed by atoms with Crippen molar-refractivity contribution in [3.05, 3.63) is 29.1 Å². The van der Waals surface area contributed by atoms with Gasteiger partial charge >= 0.3 is 0 Å². The summed E-state index contributed by atoms with van der Waals surface area (Å²) in [7, 11) is 0. The van der Waals surface area contributed by atoms with Gasteiger partial charge in [-0.05, 0) is 43.1 Å². The molecule has 0 radical (unpaired) electrons. The molecular formula is C12H13ClN2O2. The van der Waals surface area contributed by atoms with Crippen molar-refractivity contribution in [3.63, 3.8) is 0 Å². The Hall–Kier alpha value is -1.55. The number of fused-ring (bicyclic) bond motifs is 1. The van der Waals surface area contributed by atoms with Gasteiger partial charge in [0.05, 0.1) is 0 Å². The van der Waals surface area contributed by atoms with Crippen molar-refractivity contribution in [2.45, 2.75) is 26.3 Å². The number of hydrogen-bond acceptors (Lipinski definition) is 3. The molecule has 0 spiro atoms. The van der Waals surface area contributed by atoms with Crippen molar-refractivity contribution in [2.24, 2.45) is 0 Å². The van der Waals surface area contributed by atoms with Gasteiger partial charge in [0, 0.05) is 11.6 Å². The molecular weight excluding hydrogens is 240 g/mol. The fourth-order valence-corrected chi connectivity index (χ4v) is 1.62. The Balaban J connectivity index is 2.26. The van der Waals surface area contributed by atoms with Gasteiger partial charge in [0.1, 0.15) is 5.52 Å². The van der Waals surface area contributed by atoms with Crippen molar-refractivity contribution < 1.29 is 9.21 Å². The van der Waals surface area contributed by atoms with Crippen LogP contribution in [0.1, 0.15) is 30.6 Å². The summed E-state index contributed by atoms with van der Waals surface area (Å²) in [5, 5.41) is 2.97. The van der Waals surface area contributed by atoms with Crippen LogP contribution in [0.4, 0.5) is 0 Å². The van der Waals surface area contributed by atoms with Gasteiger partial charge in [-0.25, -0.2) is 0 Å². The molecule has 0 bridgehead atoms. The number of oxazole rings is 1. The fourth-order valence-electron chi connectivity index (χ4n) is 1.45. The van der Waals surface area contributed by atoms with Crippen LogP contribution in [0.15, 0.2) is 22.6 Å². The summed E-state index contributed by atoms with van der Waals surface area (Å²) in [5.41, 5.74) is 1.73. The molecule has 1 aromatic heterocycles. The molecule has 2 aromatic rings. The highest BCUT2D eigenvalue weighted by atomic mass is 35.5. The number of aromatic nitrogens is 1. The van der Waals surface area contributed by atoms with Gasteiger partial charge in [-0.2, -0.15) is 4.98 Å². The summed E-state index contributed by atoms with van der Waals surface area (Å²) in [6, 6.07) is 5.21. The van der Waals surface area contributed by atoms with Gasteiger partial charge in [-0.1, -0.05) is 6.92 Å². The van der Waals surface area contributed by atoms with Crippen molar-refractivity contribution in [3.8, 4) is 0 Å². The van der Waals surface area contributed by atoms with Crippen LogP contribution in [0.3, 0.4) is 0 Å². The van der Waals surface area contributed by atoms with Crippen LogP contribution in [-0.2, 0) is 0 Å². The normalized spacial score (nSPS) is 12.6. The van der Waals surface area contributed by atoms with Crippen molar-refractivity contribution in [2.75, 3.05) is 0 Å². The van der Waals surface area contributed by atoms with Crippen LogP contribution in [0.2, 0.25) is 5.35 Å². The van der Waals surface area contributed by atoms with E-state index < -0.39 is 0 Å². The van der Waals surface area contributed by atoms with Gasteiger partial charge in [0.25, 0.3) is 11.3 Å². The second-order valence-corrected chi connectivity index (χ2v) is 4.26. The third-order valence-corrected chi connectivity index (χ3v) is 2.78. The second-order valence-electron chi connectivity index (χ2n) is 3.93. The second kappa shape index (κ2) is 4.75. The van der Waals surface area contributed by atoms with Crippen LogP contribution in [-0.4, -0.2) is 16.9 Å². The number of nitrogens with one attached hydrogen (secondary N) is 1. The SMILES string of the molecule is CCC(C)NC(=O)c1ccc2oc(Cl)nc2c1. The van der Waals surface area contributed by atoms with Gasteiger partial charge < -0.3 is 9.73 Å². The molecule has 4 nitrogen and oxygen atoms in total. The maximum Gasteiger partial charge on any atom is 0.293 e. The number of halogens is 1. The van der Waals surface area contributed by atoms with E-state index in [1.54, 1.807) is 18.2 Å². The van der Waals surface area contributed by atoms with Crippen molar-refractivity contribution in [1.82, 2.24) is 10.3 Å². The first-order valence-electron chi connectivity index (χ1n) is 5.47. The summed E-state index contributed by atoms with van der Waals surface area (Å²) >= 11 is 5.64. The smallest absolute Gasteiger partial charge is 0.293 e. The monoisotopic (exact) mass is 252 g/mol. The van der Waals surface area contributed by atoms with Crippen LogP contribution in [0, 0.1) is 0 Å². The molecule has 1 N–H and O–H groups in total. The molecule has 90 valence electrons. The number of amides is 1. The molecule has 0 saturated carbocycles. The summed E-state index contributed by atoms with van der Waals surface area (Å²) in [5.74, 6) is -0.111. The number of benzene rings is 1. The Morgan fingerprint density at radius 2 is 2.35 bits per heavy atom. The summed E-state index contributed by atoms with van der Waals surface area (Å²) in [4.78, 5) is 15.8. The van der Waals surface area contributed by atoms with Gasteiger partial charge in [-0.3, -0.25) is 4.79 Å². The molecule has 0 aliphatic carbocycles. The number of hydrogen-bond donors (Lipinski definition) is 1. The van der Waals surface area contributed by atoms with E-state index in [0.717, 1.165) is 6.42 Å². The van der Waals surface area contributed by atoms with Crippen LogP contribution in [0.5, 0.6) is 0 Å². The lowest BCUT2D eigenvalue weighted by Crippen LogP contribution is -2.31. The summed E-state index contributed by atoms with van der Waals surface area (Å²) < 4.78 is 5.13. The van der Waals surface area contributed by atoms with Crippen LogP contribution < -0.4 is 5.32 Å². The zero-order valence-electron chi connectivity index (χ0n) is 9.66. The minimum absolute atomic E-state index is 0.0829. The molecule has 0 fully saturated rings. The average Bonchev–Trinajstić information content (AvgIpc) is 2.67. The third kappa shape index (κ3) is 2.58. The Bertz CT molecular complexity index is 550. The lowest BCUT2D eigenvalue weighted by atomic mass is 10.1. The predicted molar refractivity (Wildman–Crippen MR) is 66.2 cm³/mol. The first-order chi connectivity index (χ1) is 8.10. The lowest BCUT2D eigenvalue weighted by Gasteiger charge is -2.10. The fraction of sp³-hybridized carbons (Fsp3) is 0.333. The Morgan fingerprint density at radius 3 is 3.06 bits per heavy atom. The van der Waals surface area contributed by atoms with Crippen LogP contribution in [0.25, 0.3) is 11.1 Å². The maximum atomic E-state index is 11.9. The summed E-state index contributed by atoms with van der Waals surface area (Å²) in [6.45, 7) is 3.98. The minimum Gasteiger partial charge on any atom is -0.428 e. The van der Waals surface area contributed by atoms with Gasteiger partial charge in [0.15, 0.2) is 5.58 Å². The molecule has 17 heavy (non-hydrogen) atoms. The average molecular weight is 253 g/mol. The first-order valence-corrected chi connectivity index (χ1v) is 5.85. The molecule has 1 aromatic carbocycles. The number of nitrogens with zero attached hydrogens (tertiary/aromatic N) is 1. The number of carbonyl (C=O) groups is 1. The Morgan fingerprint density at radius 1 is 1.59 bits per heavy atom. The van der Waals surface area contributed by atoms with E-state index in [1.165, 1.54) is 0 Å². The standard InChI is InChI=1S/C12H13ClN2O2/c1-3-7(2)14-11(16)8-4-5-10-9(6-8)15-12(13)17-10/h4-7H,3H2,1-2H3,(H,14,16). The highest BCUT2D eigenvalue weighted by Crippen LogP contribution is 2.19. The van der Waals surface area contributed by atoms with Crippen molar-refractivity contribution >= 4 is 28.6 Å². The maximum absolute atomic E-state index is 11.9. The third-order valence-electron chi connectivity index (χ3n) is 2.61. The molecule has 1 amide bonds. The minimum atomic E-state index is -0.111. The van der Waals surface area contributed by atoms with E-state index in [-0.39, 0.29) is 17.3 Å². The zero-order chi connectivity index (χ0) is 12.4. The number of rotatable bonds is 3. The van der Waals surface area contributed by atoms with Crippen molar-refractivity contribution in [1.29, 1.82) is 0 Å². The highest BCUT2D eigenvalue weighted by molar-refractivity contribution is 6.28. The zero-order valence-corrected chi connectivity index (χ0v) is 10.4. The lowest BCUT2D eigenvalue weighted by molar-refractivity contribution is 0.0939. The van der Waals surface area contributed by atoms with E-state index >= 15 is 0 Å². The van der Waals surface area contributed by atoms with Crippen LogP contribution >= 0.6 is 11.6 Å². The molecule has 1 atom stereocenters. The van der Waals surface area contributed by atoms with Gasteiger partial charge in [-0.15, -0.1) is 0 Å². The number of carbonyl (C=O) groups excluding carboxylic acids is 1. The molecule has 0 saturated heterocycles. The predicted octanol–water partition coefficient (Wildman–Crippen LogP) is 3.01. The molecule has 5 heteroatoms. The molecule has 2 rings (SSSR count). The Kier molecular flexibility index (Phi) is 3.33. The largest absolute Gasteiger partial charge is 0.428 e. The van der Waals surface area contributed by atoms with E-state index in [1.807, 2.05) is 13.8 Å². The van der Waals surface area contributed by atoms with E-state index in [0.29, 0.717) is 16.7 Å². The van der Waals surface area contributed by atoms with E-state index in [2.05, 4.69) is 10.3 Å². The quantitative estimate of drug-likeness (QED) is 0.914. The molecule has 0 aliphatic heterocycles. The molecule has 1 unspecified atom stereocenters. The molecule has 1 heterocycles.